The molecule has 30 heavy (non-hydrogen) atoms. The summed E-state index contributed by atoms with van der Waals surface area (Å²) in [5.41, 5.74) is 2.97. The van der Waals surface area contributed by atoms with Gasteiger partial charge in [-0.3, -0.25) is 4.79 Å². The van der Waals surface area contributed by atoms with Crippen molar-refractivity contribution in [1.82, 2.24) is 4.90 Å². The highest BCUT2D eigenvalue weighted by Gasteiger charge is 2.24. The Kier molecular flexibility index (Phi) is 6.72. The lowest BCUT2D eigenvalue weighted by Crippen LogP contribution is -2.44. The number of nitrogens with one attached hydrogen (secondary N) is 1. The van der Waals surface area contributed by atoms with E-state index < -0.39 is 0 Å². The zero-order valence-electron chi connectivity index (χ0n) is 17.2. The van der Waals surface area contributed by atoms with Gasteiger partial charge in [0.05, 0.1) is 11.4 Å². The quantitative estimate of drug-likeness (QED) is 0.578. The van der Waals surface area contributed by atoms with Crippen LogP contribution in [0.15, 0.2) is 89.8 Å². The number of piperazine rings is 1. The Morgan fingerprint density at radius 3 is 2.13 bits per heavy atom. The number of thioether (sulfide) groups is 1. The summed E-state index contributed by atoms with van der Waals surface area (Å²) in [6.07, 6.45) is 0. The van der Waals surface area contributed by atoms with E-state index in [-0.39, 0.29) is 11.2 Å². The maximum Gasteiger partial charge on any atom is 0.242 e. The third-order valence-corrected chi connectivity index (χ3v) is 6.61. The molecule has 0 saturated carbocycles. The Bertz CT molecular complexity index is 956. The number of carbonyl (C=O) groups excluding carboxylic acids is 1. The van der Waals surface area contributed by atoms with Crippen molar-refractivity contribution in [3.05, 3.63) is 90.5 Å². The van der Waals surface area contributed by atoms with E-state index in [4.69, 9.17) is 0 Å². The minimum atomic E-state index is -0.325. The molecule has 0 radical (unpaired) electrons. The second kappa shape index (κ2) is 9.83. The number of rotatable bonds is 6. The minimum absolute atomic E-state index is 0.00312. The molecule has 0 spiro atoms. The summed E-state index contributed by atoms with van der Waals surface area (Å²) in [5, 5.41) is 2.90. The fraction of sp³-hybridized carbons (Fsp3) is 0.240. The first-order valence-electron chi connectivity index (χ1n) is 10.3. The van der Waals surface area contributed by atoms with Crippen LogP contribution >= 0.6 is 11.8 Å². The average Bonchev–Trinajstić information content (AvgIpc) is 2.80. The lowest BCUT2D eigenvalue weighted by atomic mass is 10.1. The molecule has 0 bridgehead atoms. The molecule has 1 fully saturated rings. The Morgan fingerprint density at radius 2 is 1.43 bits per heavy atom. The van der Waals surface area contributed by atoms with E-state index in [9.17, 15) is 4.79 Å². The molecule has 1 aliphatic heterocycles. The van der Waals surface area contributed by atoms with Gasteiger partial charge >= 0.3 is 0 Å². The highest BCUT2D eigenvalue weighted by molar-refractivity contribution is 8.00. The van der Waals surface area contributed by atoms with Crippen LogP contribution in [0, 0.1) is 0 Å². The van der Waals surface area contributed by atoms with Gasteiger partial charge in [-0.1, -0.05) is 60.7 Å². The molecule has 0 unspecified atom stereocenters. The van der Waals surface area contributed by atoms with Gasteiger partial charge in [0.2, 0.25) is 5.91 Å². The van der Waals surface area contributed by atoms with Crippen LogP contribution in [0.3, 0.4) is 0 Å². The number of amides is 1. The van der Waals surface area contributed by atoms with Crippen molar-refractivity contribution >= 4 is 29.0 Å². The molecule has 0 aromatic heterocycles. The number of carbonyl (C=O) groups is 1. The number of likely N-dealkylation sites (N-methyl/N-ethyl adjacent to an activating group) is 1. The SMILES string of the molecule is CN1CCN(c2ccccc2NC(=O)[C@@H](Sc2ccccc2)c2ccccc2)CC1. The van der Waals surface area contributed by atoms with Crippen molar-refractivity contribution in [1.29, 1.82) is 0 Å². The Labute approximate surface area is 182 Å². The smallest absolute Gasteiger partial charge is 0.242 e. The Balaban J connectivity index is 1.57. The molecule has 3 aromatic carbocycles. The van der Waals surface area contributed by atoms with E-state index in [2.05, 4.69) is 28.2 Å². The van der Waals surface area contributed by atoms with Gasteiger partial charge in [-0.05, 0) is 36.9 Å². The Hall–Kier alpha value is -2.76. The highest BCUT2D eigenvalue weighted by atomic mass is 32.2. The van der Waals surface area contributed by atoms with Gasteiger partial charge in [-0.2, -0.15) is 0 Å². The summed E-state index contributed by atoms with van der Waals surface area (Å²) in [6.45, 7) is 3.98. The first-order valence-corrected chi connectivity index (χ1v) is 11.2. The number of benzene rings is 3. The van der Waals surface area contributed by atoms with Crippen molar-refractivity contribution in [2.75, 3.05) is 43.4 Å². The molecule has 1 saturated heterocycles. The van der Waals surface area contributed by atoms with E-state index in [1.807, 2.05) is 78.9 Å². The van der Waals surface area contributed by atoms with E-state index in [1.54, 1.807) is 11.8 Å². The number of anilines is 2. The average molecular weight is 418 g/mol. The molecular formula is C25H27N3OS. The molecule has 1 atom stereocenters. The van der Waals surface area contributed by atoms with Crippen LogP contribution in [-0.2, 0) is 4.79 Å². The van der Waals surface area contributed by atoms with Gasteiger partial charge in [-0.25, -0.2) is 0 Å². The van der Waals surface area contributed by atoms with Crippen LogP contribution in [0.1, 0.15) is 10.8 Å². The van der Waals surface area contributed by atoms with Crippen LogP contribution in [-0.4, -0.2) is 44.0 Å². The normalized spacial score (nSPS) is 15.6. The van der Waals surface area contributed by atoms with Crippen molar-refractivity contribution in [2.45, 2.75) is 10.1 Å². The fourth-order valence-electron chi connectivity index (χ4n) is 3.64. The predicted octanol–water partition coefficient (Wildman–Crippen LogP) is 4.91. The van der Waals surface area contributed by atoms with Crippen molar-refractivity contribution in [3.63, 3.8) is 0 Å². The molecule has 3 aromatic rings. The van der Waals surface area contributed by atoms with E-state index in [1.165, 1.54) is 0 Å². The van der Waals surface area contributed by atoms with Crippen molar-refractivity contribution in [3.8, 4) is 0 Å². The molecule has 154 valence electrons. The minimum Gasteiger partial charge on any atom is -0.367 e. The summed E-state index contributed by atoms with van der Waals surface area (Å²) in [6, 6.07) is 28.2. The molecule has 1 heterocycles. The van der Waals surface area contributed by atoms with Gasteiger partial charge in [0.25, 0.3) is 0 Å². The summed E-state index contributed by atoms with van der Waals surface area (Å²) in [4.78, 5) is 19.2. The van der Waals surface area contributed by atoms with Gasteiger partial charge in [0.1, 0.15) is 5.25 Å². The lowest BCUT2D eigenvalue weighted by molar-refractivity contribution is -0.115. The summed E-state index contributed by atoms with van der Waals surface area (Å²) >= 11 is 1.58. The molecule has 1 N–H and O–H groups in total. The fourth-order valence-corrected chi connectivity index (χ4v) is 4.68. The second-order valence-corrected chi connectivity index (χ2v) is 8.70. The summed E-state index contributed by atoms with van der Waals surface area (Å²) < 4.78 is 0. The third-order valence-electron chi connectivity index (χ3n) is 5.34. The summed E-state index contributed by atoms with van der Waals surface area (Å²) in [5.74, 6) is -0.00312. The van der Waals surface area contributed by atoms with Gasteiger partial charge in [0.15, 0.2) is 0 Å². The largest absolute Gasteiger partial charge is 0.367 e. The van der Waals surface area contributed by atoms with E-state index >= 15 is 0 Å². The highest BCUT2D eigenvalue weighted by Crippen LogP contribution is 2.37. The second-order valence-electron chi connectivity index (χ2n) is 7.52. The van der Waals surface area contributed by atoms with Crippen LogP contribution in [0.2, 0.25) is 0 Å². The number of nitrogens with zero attached hydrogens (tertiary/aromatic N) is 2. The Morgan fingerprint density at radius 1 is 0.833 bits per heavy atom. The molecule has 1 amide bonds. The predicted molar refractivity (Wildman–Crippen MR) is 126 cm³/mol. The molecule has 4 rings (SSSR count). The topological polar surface area (TPSA) is 35.6 Å². The molecule has 5 heteroatoms. The summed E-state index contributed by atoms with van der Waals surface area (Å²) in [7, 11) is 2.15. The number of para-hydroxylation sites is 2. The molecule has 4 nitrogen and oxygen atoms in total. The van der Waals surface area contributed by atoms with E-state index in [0.29, 0.717) is 0 Å². The zero-order valence-corrected chi connectivity index (χ0v) is 18.0. The van der Waals surface area contributed by atoms with Gasteiger partial charge in [0, 0.05) is 31.1 Å². The monoisotopic (exact) mass is 417 g/mol. The van der Waals surface area contributed by atoms with Crippen LogP contribution in [0.25, 0.3) is 0 Å². The standard InChI is InChI=1S/C25H27N3OS/c1-27-16-18-28(19-17-27)23-15-9-8-14-22(23)26-25(29)24(20-10-4-2-5-11-20)30-21-12-6-3-7-13-21/h2-15,24H,16-19H2,1H3,(H,26,29)/t24-/m0/s1. The number of hydrogen-bond acceptors (Lipinski definition) is 4. The van der Waals surface area contributed by atoms with Crippen molar-refractivity contribution in [2.24, 2.45) is 0 Å². The van der Waals surface area contributed by atoms with Gasteiger partial charge in [-0.15, -0.1) is 11.8 Å². The van der Waals surface area contributed by atoms with Crippen LogP contribution in [0.4, 0.5) is 11.4 Å². The van der Waals surface area contributed by atoms with Crippen LogP contribution in [0.5, 0.6) is 0 Å². The van der Waals surface area contributed by atoms with Crippen molar-refractivity contribution < 1.29 is 4.79 Å². The maximum atomic E-state index is 13.4. The molecular weight excluding hydrogens is 390 g/mol. The number of hydrogen-bond donors (Lipinski definition) is 1. The molecule has 0 aliphatic carbocycles. The first kappa shape index (κ1) is 20.5. The lowest BCUT2D eigenvalue weighted by Gasteiger charge is -2.35. The zero-order chi connectivity index (χ0) is 20.8. The first-order chi connectivity index (χ1) is 14.7. The molecule has 1 aliphatic rings. The van der Waals surface area contributed by atoms with Gasteiger partial charge < -0.3 is 15.1 Å². The maximum absolute atomic E-state index is 13.4. The van der Waals surface area contributed by atoms with E-state index in [0.717, 1.165) is 48.0 Å². The van der Waals surface area contributed by atoms with Crippen LogP contribution < -0.4 is 10.2 Å². The third kappa shape index (κ3) is 5.04.